The van der Waals surface area contributed by atoms with Crippen molar-refractivity contribution in [1.29, 1.82) is 0 Å². The number of rotatable bonds is 4. The third-order valence-electron chi connectivity index (χ3n) is 3.21. The highest BCUT2D eigenvalue weighted by molar-refractivity contribution is 7.86. The van der Waals surface area contributed by atoms with E-state index in [4.69, 9.17) is 4.74 Å². The fraction of sp³-hybridized carbons (Fsp3) is 0.462. The second kappa shape index (κ2) is 6.21. The zero-order chi connectivity index (χ0) is 14.6. The van der Waals surface area contributed by atoms with Crippen LogP contribution in [0.3, 0.4) is 0 Å². The number of amides is 1. The van der Waals surface area contributed by atoms with Crippen molar-refractivity contribution < 1.29 is 21.8 Å². The van der Waals surface area contributed by atoms with E-state index in [9.17, 15) is 17.1 Å². The number of hydrogen-bond donors (Lipinski definition) is 0. The van der Waals surface area contributed by atoms with Crippen LogP contribution in [0.15, 0.2) is 30.3 Å². The summed E-state index contributed by atoms with van der Waals surface area (Å²) in [5.41, 5.74) is 0.842. The van der Waals surface area contributed by atoms with Crippen LogP contribution in [0.5, 0.6) is 0 Å². The molecular weight excluding hydrogens is 285 g/mol. The Bertz CT molecular complexity index is 561. The van der Waals surface area contributed by atoms with E-state index in [1.807, 2.05) is 30.3 Å². The van der Waals surface area contributed by atoms with Crippen molar-refractivity contribution in [2.45, 2.75) is 25.5 Å². The molecule has 0 saturated carbocycles. The first-order chi connectivity index (χ1) is 9.46. The maximum Gasteiger partial charge on any atom is 0.410 e. The van der Waals surface area contributed by atoms with Gasteiger partial charge < -0.3 is 9.64 Å². The second-order valence-electron chi connectivity index (χ2n) is 4.74. The van der Waals surface area contributed by atoms with E-state index < -0.39 is 28.1 Å². The van der Waals surface area contributed by atoms with Crippen LogP contribution in [-0.4, -0.2) is 37.8 Å². The Hall–Kier alpha value is -1.63. The third-order valence-corrected chi connectivity index (χ3v) is 3.99. The van der Waals surface area contributed by atoms with Gasteiger partial charge in [-0.2, -0.15) is 8.42 Å². The van der Waals surface area contributed by atoms with Crippen molar-refractivity contribution in [1.82, 2.24) is 4.90 Å². The van der Waals surface area contributed by atoms with Gasteiger partial charge in [-0.05, 0) is 18.4 Å². The highest BCUT2D eigenvalue weighted by Crippen LogP contribution is 2.20. The molecule has 1 amide bonds. The quantitative estimate of drug-likeness (QED) is 0.799. The number of nitrogens with zero attached hydrogens (tertiary/aromatic N) is 1. The molecular formula is C13H16FNO4S. The topological polar surface area (TPSA) is 63.7 Å². The van der Waals surface area contributed by atoms with Crippen molar-refractivity contribution >= 4 is 16.3 Å². The van der Waals surface area contributed by atoms with Crippen LogP contribution in [0.1, 0.15) is 18.4 Å². The molecule has 0 spiro atoms. The number of ether oxygens (including phenoxy) is 1. The van der Waals surface area contributed by atoms with E-state index in [0.717, 1.165) is 5.56 Å². The summed E-state index contributed by atoms with van der Waals surface area (Å²) in [4.78, 5) is 13.2. The Morgan fingerprint density at radius 3 is 2.70 bits per heavy atom. The molecule has 0 radical (unpaired) electrons. The van der Waals surface area contributed by atoms with Crippen LogP contribution in [0.2, 0.25) is 0 Å². The highest BCUT2D eigenvalue weighted by atomic mass is 32.3. The number of hydrogen-bond acceptors (Lipinski definition) is 4. The summed E-state index contributed by atoms with van der Waals surface area (Å²) in [5, 5.41) is 0. The number of carbonyl (C=O) groups excluding carboxylic acids is 1. The zero-order valence-corrected chi connectivity index (χ0v) is 11.7. The summed E-state index contributed by atoms with van der Waals surface area (Å²) in [6.45, 7) is 0.513. The van der Waals surface area contributed by atoms with Crippen LogP contribution in [-0.2, 0) is 21.6 Å². The van der Waals surface area contributed by atoms with Crippen LogP contribution < -0.4 is 0 Å². The molecule has 0 N–H and O–H groups in total. The standard InChI is InChI=1S/C13H16FNO4S/c14-20(17,18)10-12-7-4-8-15(12)13(16)19-9-11-5-2-1-3-6-11/h1-3,5-6,12H,4,7-10H2/t12-/m0/s1. The molecule has 1 saturated heterocycles. The molecule has 1 atom stereocenters. The van der Waals surface area contributed by atoms with Crippen molar-refractivity contribution in [3.05, 3.63) is 35.9 Å². The van der Waals surface area contributed by atoms with Gasteiger partial charge in [0, 0.05) is 6.54 Å². The van der Waals surface area contributed by atoms with E-state index in [-0.39, 0.29) is 6.61 Å². The van der Waals surface area contributed by atoms with E-state index in [0.29, 0.717) is 19.4 Å². The minimum atomic E-state index is -4.59. The summed E-state index contributed by atoms with van der Waals surface area (Å²) in [5.74, 6) is -0.659. The smallest absolute Gasteiger partial charge is 0.410 e. The first kappa shape index (κ1) is 14.8. The molecule has 0 unspecified atom stereocenters. The van der Waals surface area contributed by atoms with E-state index >= 15 is 0 Å². The molecule has 1 heterocycles. The first-order valence-electron chi connectivity index (χ1n) is 6.35. The Labute approximate surface area is 117 Å². The van der Waals surface area contributed by atoms with Gasteiger partial charge in [-0.25, -0.2) is 4.79 Å². The zero-order valence-electron chi connectivity index (χ0n) is 10.9. The molecule has 1 aliphatic heterocycles. The van der Waals surface area contributed by atoms with E-state index in [2.05, 4.69) is 0 Å². The van der Waals surface area contributed by atoms with Gasteiger partial charge in [0.15, 0.2) is 0 Å². The van der Waals surface area contributed by atoms with Crippen molar-refractivity contribution in [2.75, 3.05) is 12.3 Å². The molecule has 20 heavy (non-hydrogen) atoms. The molecule has 0 aromatic heterocycles. The average molecular weight is 301 g/mol. The van der Waals surface area contributed by atoms with Gasteiger partial charge >= 0.3 is 16.3 Å². The summed E-state index contributed by atoms with van der Waals surface area (Å²) in [7, 11) is -4.59. The molecule has 1 fully saturated rings. The summed E-state index contributed by atoms with van der Waals surface area (Å²) in [6.07, 6.45) is 0.532. The summed E-state index contributed by atoms with van der Waals surface area (Å²) < 4.78 is 39.2. The lowest BCUT2D eigenvalue weighted by atomic mass is 10.2. The lowest BCUT2D eigenvalue weighted by molar-refractivity contribution is 0.0947. The summed E-state index contributed by atoms with van der Waals surface area (Å²) in [6, 6.07) is 8.53. The number of carbonyl (C=O) groups is 1. The van der Waals surface area contributed by atoms with Gasteiger partial charge in [0.05, 0.1) is 6.04 Å². The van der Waals surface area contributed by atoms with Crippen molar-refractivity contribution in [3.63, 3.8) is 0 Å². The maximum absolute atomic E-state index is 12.7. The van der Waals surface area contributed by atoms with Crippen LogP contribution >= 0.6 is 0 Å². The fourth-order valence-electron chi connectivity index (χ4n) is 2.28. The average Bonchev–Trinajstić information content (AvgIpc) is 2.83. The van der Waals surface area contributed by atoms with Gasteiger partial charge in [0.2, 0.25) is 0 Å². The highest BCUT2D eigenvalue weighted by Gasteiger charge is 2.33. The Morgan fingerprint density at radius 2 is 2.05 bits per heavy atom. The SMILES string of the molecule is O=C(OCc1ccccc1)N1CCC[C@H]1CS(=O)(=O)F. The second-order valence-corrected chi connectivity index (χ2v) is 6.15. The van der Waals surface area contributed by atoms with Crippen molar-refractivity contribution in [2.24, 2.45) is 0 Å². The monoisotopic (exact) mass is 301 g/mol. The number of likely N-dealkylation sites (tertiary alicyclic amines) is 1. The van der Waals surface area contributed by atoms with Gasteiger partial charge in [0.1, 0.15) is 12.4 Å². The lowest BCUT2D eigenvalue weighted by Crippen LogP contribution is -2.39. The predicted octanol–water partition coefficient (Wildman–Crippen LogP) is 2.09. The fourth-order valence-corrected chi connectivity index (χ4v) is 3.09. The molecule has 1 aliphatic rings. The lowest BCUT2D eigenvalue weighted by Gasteiger charge is -2.22. The summed E-state index contributed by atoms with van der Waals surface area (Å²) >= 11 is 0. The molecule has 0 bridgehead atoms. The molecule has 5 nitrogen and oxygen atoms in total. The molecule has 0 aliphatic carbocycles. The van der Waals surface area contributed by atoms with E-state index in [1.54, 1.807) is 0 Å². The largest absolute Gasteiger partial charge is 0.445 e. The molecule has 2 rings (SSSR count). The Balaban J connectivity index is 1.91. The van der Waals surface area contributed by atoms with Gasteiger partial charge in [-0.15, -0.1) is 3.89 Å². The van der Waals surface area contributed by atoms with Gasteiger partial charge in [0.25, 0.3) is 0 Å². The van der Waals surface area contributed by atoms with Gasteiger partial charge in [-0.1, -0.05) is 30.3 Å². The minimum absolute atomic E-state index is 0.116. The predicted molar refractivity (Wildman–Crippen MR) is 71.2 cm³/mol. The molecule has 1 aromatic carbocycles. The van der Waals surface area contributed by atoms with Crippen LogP contribution in [0.4, 0.5) is 8.68 Å². The van der Waals surface area contributed by atoms with Gasteiger partial charge in [-0.3, -0.25) is 0 Å². The van der Waals surface area contributed by atoms with E-state index in [1.165, 1.54) is 4.90 Å². The van der Waals surface area contributed by atoms with Crippen LogP contribution in [0, 0.1) is 0 Å². The first-order valence-corrected chi connectivity index (χ1v) is 7.90. The van der Waals surface area contributed by atoms with Crippen molar-refractivity contribution in [3.8, 4) is 0 Å². The molecule has 7 heteroatoms. The Kier molecular flexibility index (Phi) is 4.59. The Morgan fingerprint density at radius 1 is 1.35 bits per heavy atom. The normalized spacial score (nSPS) is 19.1. The minimum Gasteiger partial charge on any atom is -0.445 e. The molecule has 1 aromatic rings. The van der Waals surface area contributed by atoms with Crippen LogP contribution in [0.25, 0.3) is 0 Å². The number of halogens is 1. The number of benzene rings is 1. The third kappa shape index (κ3) is 4.19. The molecule has 110 valence electrons. The maximum atomic E-state index is 12.7.